The average molecular weight is 401 g/mol. The highest BCUT2D eigenvalue weighted by atomic mass is 32.2. The summed E-state index contributed by atoms with van der Waals surface area (Å²) in [4.78, 5) is 16.7. The standard InChI is InChI=1S/C20H20FN3O3S/c1-4-14-9-10-15(11-16(14)21)19-22-17(12-24(19)3)20(25)23-28(26,27)18-8-6-5-7-13(18)2/h5-12H,4H2,1-3H3,(H,23,25). The molecular formula is C20H20FN3O3S. The number of carbonyl (C=O) groups excluding carboxylic acids is 1. The quantitative estimate of drug-likeness (QED) is 0.712. The predicted octanol–water partition coefficient (Wildman–Crippen LogP) is 3.22. The number of imidazole rings is 1. The van der Waals surface area contributed by atoms with E-state index in [4.69, 9.17) is 0 Å². The van der Waals surface area contributed by atoms with Crippen molar-refractivity contribution in [1.29, 1.82) is 0 Å². The number of amides is 1. The van der Waals surface area contributed by atoms with Crippen LogP contribution in [0.25, 0.3) is 11.4 Å². The van der Waals surface area contributed by atoms with E-state index in [0.29, 0.717) is 28.9 Å². The Hall–Kier alpha value is -3.00. The first kappa shape index (κ1) is 19.8. The molecule has 0 saturated carbocycles. The zero-order valence-corrected chi connectivity index (χ0v) is 16.5. The zero-order valence-electron chi connectivity index (χ0n) is 15.7. The minimum Gasteiger partial charge on any atom is -0.333 e. The van der Waals surface area contributed by atoms with E-state index in [9.17, 15) is 17.6 Å². The molecule has 1 N–H and O–H groups in total. The largest absolute Gasteiger partial charge is 0.333 e. The number of rotatable bonds is 5. The second-order valence-electron chi connectivity index (χ2n) is 6.42. The third-order valence-electron chi connectivity index (χ3n) is 4.41. The van der Waals surface area contributed by atoms with Gasteiger partial charge in [0, 0.05) is 18.8 Å². The third kappa shape index (κ3) is 3.82. The Morgan fingerprint density at radius 1 is 1.21 bits per heavy atom. The molecule has 0 bridgehead atoms. The van der Waals surface area contributed by atoms with E-state index in [1.54, 1.807) is 48.9 Å². The van der Waals surface area contributed by atoms with Gasteiger partial charge in [-0.2, -0.15) is 0 Å². The lowest BCUT2D eigenvalue weighted by Crippen LogP contribution is -2.31. The molecular weight excluding hydrogens is 381 g/mol. The van der Waals surface area contributed by atoms with Gasteiger partial charge in [-0.05, 0) is 36.6 Å². The Labute approximate surface area is 163 Å². The molecule has 0 unspecified atom stereocenters. The van der Waals surface area contributed by atoms with E-state index >= 15 is 0 Å². The number of nitrogens with zero attached hydrogens (tertiary/aromatic N) is 2. The second-order valence-corrected chi connectivity index (χ2v) is 8.07. The van der Waals surface area contributed by atoms with Crippen LogP contribution in [-0.2, 0) is 23.5 Å². The molecule has 1 amide bonds. The fourth-order valence-electron chi connectivity index (χ4n) is 2.90. The molecule has 1 heterocycles. The number of hydrogen-bond donors (Lipinski definition) is 1. The number of benzene rings is 2. The number of carbonyl (C=O) groups is 1. The highest BCUT2D eigenvalue weighted by molar-refractivity contribution is 7.90. The van der Waals surface area contributed by atoms with E-state index in [1.807, 2.05) is 11.6 Å². The molecule has 146 valence electrons. The molecule has 0 atom stereocenters. The normalized spacial score (nSPS) is 11.4. The monoisotopic (exact) mass is 401 g/mol. The molecule has 1 aromatic heterocycles. The zero-order chi connectivity index (χ0) is 20.5. The van der Waals surface area contributed by atoms with Crippen LogP contribution in [-0.4, -0.2) is 23.9 Å². The first-order valence-electron chi connectivity index (χ1n) is 8.68. The smallest absolute Gasteiger partial charge is 0.285 e. The summed E-state index contributed by atoms with van der Waals surface area (Å²) in [5.41, 5.74) is 1.53. The van der Waals surface area contributed by atoms with Gasteiger partial charge in [0.05, 0.1) is 4.90 Å². The molecule has 0 radical (unpaired) electrons. The number of halogens is 1. The number of hydrogen-bond acceptors (Lipinski definition) is 4. The van der Waals surface area contributed by atoms with Crippen LogP contribution in [0.1, 0.15) is 28.5 Å². The number of sulfonamides is 1. The minimum absolute atomic E-state index is 0.0248. The number of aromatic nitrogens is 2. The summed E-state index contributed by atoms with van der Waals surface area (Å²) >= 11 is 0. The molecule has 8 heteroatoms. The van der Waals surface area contributed by atoms with Crippen LogP contribution in [0.5, 0.6) is 0 Å². The number of aryl methyl sites for hydroxylation is 3. The van der Waals surface area contributed by atoms with Crippen molar-refractivity contribution in [2.45, 2.75) is 25.2 Å². The summed E-state index contributed by atoms with van der Waals surface area (Å²) in [6.07, 6.45) is 1.97. The van der Waals surface area contributed by atoms with E-state index in [-0.39, 0.29) is 16.4 Å². The Morgan fingerprint density at radius 3 is 2.57 bits per heavy atom. The average Bonchev–Trinajstić information content (AvgIpc) is 3.03. The fraction of sp³-hybridized carbons (Fsp3) is 0.200. The van der Waals surface area contributed by atoms with Gasteiger partial charge in [-0.3, -0.25) is 4.79 Å². The molecule has 28 heavy (non-hydrogen) atoms. The molecule has 3 aromatic rings. The van der Waals surface area contributed by atoms with Crippen LogP contribution in [0.15, 0.2) is 53.6 Å². The Kier molecular flexibility index (Phi) is 5.33. The van der Waals surface area contributed by atoms with Crippen molar-refractivity contribution >= 4 is 15.9 Å². The van der Waals surface area contributed by atoms with Gasteiger partial charge in [-0.25, -0.2) is 22.5 Å². The predicted molar refractivity (Wildman–Crippen MR) is 104 cm³/mol. The van der Waals surface area contributed by atoms with Crippen molar-refractivity contribution < 1.29 is 17.6 Å². The highest BCUT2D eigenvalue weighted by Crippen LogP contribution is 2.22. The summed E-state index contributed by atoms with van der Waals surface area (Å²) in [5.74, 6) is -0.841. The molecule has 0 aliphatic carbocycles. The Balaban J connectivity index is 1.89. The number of nitrogens with one attached hydrogen (secondary N) is 1. The van der Waals surface area contributed by atoms with Crippen molar-refractivity contribution in [3.8, 4) is 11.4 Å². The first-order valence-corrected chi connectivity index (χ1v) is 10.2. The van der Waals surface area contributed by atoms with Crippen LogP contribution in [0.4, 0.5) is 4.39 Å². The van der Waals surface area contributed by atoms with E-state index in [1.165, 1.54) is 18.3 Å². The van der Waals surface area contributed by atoms with E-state index in [0.717, 1.165) is 0 Å². The molecule has 0 aliphatic heterocycles. The third-order valence-corrected chi connectivity index (χ3v) is 5.90. The molecule has 0 aliphatic rings. The highest BCUT2D eigenvalue weighted by Gasteiger charge is 2.23. The van der Waals surface area contributed by atoms with Crippen molar-refractivity contribution in [2.24, 2.45) is 7.05 Å². The van der Waals surface area contributed by atoms with Crippen LogP contribution in [0.2, 0.25) is 0 Å². The molecule has 0 fully saturated rings. The summed E-state index contributed by atoms with van der Waals surface area (Å²) in [7, 11) is -2.38. The van der Waals surface area contributed by atoms with Crippen molar-refractivity contribution in [3.05, 3.63) is 71.3 Å². The summed E-state index contributed by atoms with van der Waals surface area (Å²) in [6.45, 7) is 3.50. The van der Waals surface area contributed by atoms with Gasteiger partial charge in [-0.15, -0.1) is 0 Å². The lowest BCUT2D eigenvalue weighted by atomic mass is 10.1. The summed E-state index contributed by atoms with van der Waals surface area (Å²) in [6, 6.07) is 11.1. The van der Waals surface area contributed by atoms with Gasteiger partial charge in [0.25, 0.3) is 15.9 Å². The maximum Gasteiger partial charge on any atom is 0.285 e. The van der Waals surface area contributed by atoms with Crippen molar-refractivity contribution in [2.75, 3.05) is 0 Å². The van der Waals surface area contributed by atoms with Crippen LogP contribution in [0.3, 0.4) is 0 Å². The first-order chi connectivity index (χ1) is 13.2. The van der Waals surface area contributed by atoms with Gasteiger partial charge in [0.1, 0.15) is 17.3 Å². The van der Waals surface area contributed by atoms with Crippen LogP contribution < -0.4 is 4.72 Å². The maximum atomic E-state index is 14.1. The lowest BCUT2D eigenvalue weighted by Gasteiger charge is -2.07. The lowest BCUT2D eigenvalue weighted by molar-refractivity contribution is 0.0977. The second kappa shape index (κ2) is 7.55. The van der Waals surface area contributed by atoms with Crippen LogP contribution >= 0.6 is 0 Å². The van der Waals surface area contributed by atoms with Gasteiger partial charge in [0.2, 0.25) is 0 Å². The van der Waals surface area contributed by atoms with Gasteiger partial charge < -0.3 is 4.57 Å². The summed E-state index contributed by atoms with van der Waals surface area (Å²) < 4.78 is 42.7. The van der Waals surface area contributed by atoms with Crippen molar-refractivity contribution in [1.82, 2.24) is 14.3 Å². The molecule has 2 aromatic carbocycles. The van der Waals surface area contributed by atoms with Gasteiger partial charge in [0.15, 0.2) is 0 Å². The maximum absolute atomic E-state index is 14.1. The summed E-state index contributed by atoms with van der Waals surface area (Å²) in [5, 5.41) is 0. The van der Waals surface area contributed by atoms with Crippen molar-refractivity contribution in [3.63, 3.8) is 0 Å². The topological polar surface area (TPSA) is 81.1 Å². The van der Waals surface area contributed by atoms with E-state index < -0.39 is 15.9 Å². The van der Waals surface area contributed by atoms with Crippen LogP contribution in [0, 0.1) is 12.7 Å². The molecule has 0 saturated heterocycles. The molecule has 3 rings (SSSR count). The van der Waals surface area contributed by atoms with Gasteiger partial charge >= 0.3 is 0 Å². The molecule has 6 nitrogen and oxygen atoms in total. The molecule has 0 spiro atoms. The Bertz CT molecular complexity index is 1150. The van der Waals surface area contributed by atoms with E-state index in [2.05, 4.69) is 4.98 Å². The van der Waals surface area contributed by atoms with Gasteiger partial charge in [-0.1, -0.05) is 37.3 Å². The Morgan fingerprint density at radius 2 is 1.93 bits per heavy atom. The SMILES string of the molecule is CCc1ccc(-c2nc(C(=O)NS(=O)(=O)c3ccccc3C)cn2C)cc1F. The minimum atomic E-state index is -4.03. The fourth-order valence-corrected chi connectivity index (χ4v) is 4.11.